The summed E-state index contributed by atoms with van der Waals surface area (Å²) in [5.74, 6) is -0.198. The number of nitrogens with zero attached hydrogens (tertiary/aromatic N) is 3. The fraction of sp³-hybridized carbons (Fsp3) is 0.286. The van der Waals surface area contributed by atoms with E-state index in [2.05, 4.69) is 14.1 Å². The van der Waals surface area contributed by atoms with Gasteiger partial charge in [-0.05, 0) is 12.1 Å². The van der Waals surface area contributed by atoms with E-state index in [4.69, 9.17) is 5.26 Å². The molecule has 0 radical (unpaired) electrons. The number of allylic oxidation sites excluding steroid dienone is 1. The number of hydrogen-bond donors (Lipinski definition) is 1. The smallest absolute Gasteiger partial charge is 0.180 e. The molecule has 0 spiro atoms. The summed E-state index contributed by atoms with van der Waals surface area (Å²) in [6.45, 7) is 5.35. The van der Waals surface area contributed by atoms with Gasteiger partial charge in [0, 0.05) is 11.6 Å². The molecule has 0 bridgehead atoms. The first-order valence-electron chi connectivity index (χ1n) is 6.06. The molecule has 2 aromatic rings. The molecule has 0 atom stereocenters. The number of benzene rings is 1. The van der Waals surface area contributed by atoms with Crippen LogP contribution < -0.4 is 5.32 Å². The number of rotatable bonds is 3. The molecular weight excluding hydrogens is 272 g/mol. The number of hydrogen-bond acceptors (Lipinski definition) is 6. The van der Waals surface area contributed by atoms with Crippen molar-refractivity contribution in [1.29, 1.82) is 5.26 Å². The second-order valence-electron chi connectivity index (χ2n) is 5.33. The van der Waals surface area contributed by atoms with Crippen molar-refractivity contribution in [2.45, 2.75) is 20.8 Å². The van der Waals surface area contributed by atoms with E-state index in [-0.39, 0.29) is 11.4 Å². The van der Waals surface area contributed by atoms with Crippen molar-refractivity contribution in [3.05, 3.63) is 30.0 Å². The molecule has 1 heterocycles. The zero-order chi connectivity index (χ0) is 14.8. The molecule has 0 aliphatic carbocycles. The number of ketones is 1. The van der Waals surface area contributed by atoms with Crippen LogP contribution in [0.3, 0.4) is 0 Å². The second kappa shape index (κ2) is 5.39. The fourth-order valence-electron chi connectivity index (χ4n) is 1.63. The van der Waals surface area contributed by atoms with Gasteiger partial charge in [0.2, 0.25) is 0 Å². The van der Waals surface area contributed by atoms with Crippen LogP contribution in [0.25, 0.3) is 11.0 Å². The van der Waals surface area contributed by atoms with Crippen molar-refractivity contribution in [2.24, 2.45) is 5.41 Å². The molecule has 6 heteroatoms. The van der Waals surface area contributed by atoms with Crippen LogP contribution in [0.15, 0.2) is 30.0 Å². The Balaban J connectivity index is 2.30. The third kappa shape index (κ3) is 2.83. The third-order valence-electron chi connectivity index (χ3n) is 2.70. The van der Waals surface area contributed by atoms with Crippen LogP contribution in [0.5, 0.6) is 0 Å². The molecule has 0 saturated carbocycles. The quantitative estimate of drug-likeness (QED) is 0.692. The lowest BCUT2D eigenvalue weighted by Gasteiger charge is -2.15. The van der Waals surface area contributed by atoms with Gasteiger partial charge in [-0.25, -0.2) is 0 Å². The highest BCUT2D eigenvalue weighted by Crippen LogP contribution is 2.23. The number of nitrogens with one attached hydrogen (secondary N) is 1. The maximum absolute atomic E-state index is 12.1. The Bertz CT molecular complexity index is 719. The highest BCUT2D eigenvalue weighted by Gasteiger charge is 2.25. The topological polar surface area (TPSA) is 78.7 Å². The van der Waals surface area contributed by atoms with Gasteiger partial charge in [-0.3, -0.25) is 4.79 Å². The molecule has 0 unspecified atom stereocenters. The maximum atomic E-state index is 12.1. The summed E-state index contributed by atoms with van der Waals surface area (Å²) in [4.78, 5) is 12.1. The van der Waals surface area contributed by atoms with Crippen molar-refractivity contribution in [1.82, 2.24) is 8.75 Å². The zero-order valence-corrected chi connectivity index (χ0v) is 12.3. The fourth-order valence-corrected chi connectivity index (χ4v) is 2.17. The Morgan fingerprint density at radius 1 is 1.40 bits per heavy atom. The number of aromatic nitrogens is 2. The van der Waals surface area contributed by atoms with Crippen molar-refractivity contribution in [3.8, 4) is 6.07 Å². The highest BCUT2D eigenvalue weighted by molar-refractivity contribution is 7.00. The normalized spacial score (nSPS) is 12.2. The lowest BCUT2D eigenvalue weighted by molar-refractivity contribution is -0.122. The van der Waals surface area contributed by atoms with E-state index >= 15 is 0 Å². The van der Waals surface area contributed by atoms with Gasteiger partial charge in [0.1, 0.15) is 22.7 Å². The Morgan fingerprint density at radius 3 is 2.80 bits per heavy atom. The lowest BCUT2D eigenvalue weighted by Crippen LogP contribution is -2.22. The van der Waals surface area contributed by atoms with Gasteiger partial charge in [0.25, 0.3) is 0 Å². The monoisotopic (exact) mass is 286 g/mol. The third-order valence-corrected chi connectivity index (χ3v) is 3.25. The van der Waals surface area contributed by atoms with Crippen molar-refractivity contribution >= 4 is 34.2 Å². The van der Waals surface area contributed by atoms with Gasteiger partial charge >= 0.3 is 0 Å². The summed E-state index contributed by atoms with van der Waals surface area (Å²) < 4.78 is 8.33. The average molecular weight is 286 g/mol. The largest absolute Gasteiger partial charge is 0.358 e. The maximum Gasteiger partial charge on any atom is 0.180 e. The van der Waals surface area contributed by atoms with E-state index in [0.29, 0.717) is 0 Å². The predicted octanol–water partition coefficient (Wildman–Crippen LogP) is 3.13. The van der Waals surface area contributed by atoms with Crippen molar-refractivity contribution < 1.29 is 4.79 Å². The first-order valence-corrected chi connectivity index (χ1v) is 6.79. The molecule has 0 fully saturated rings. The Morgan fingerprint density at radius 2 is 2.15 bits per heavy atom. The van der Waals surface area contributed by atoms with Crippen LogP contribution in [-0.4, -0.2) is 14.5 Å². The first-order chi connectivity index (χ1) is 9.43. The molecule has 0 aliphatic heterocycles. The Labute approximate surface area is 121 Å². The van der Waals surface area contributed by atoms with E-state index in [0.717, 1.165) is 28.4 Å². The van der Waals surface area contributed by atoms with Crippen molar-refractivity contribution in [3.63, 3.8) is 0 Å². The summed E-state index contributed by atoms with van der Waals surface area (Å²) in [5, 5.41) is 12.1. The van der Waals surface area contributed by atoms with Gasteiger partial charge in [-0.15, -0.1) is 0 Å². The molecule has 102 valence electrons. The van der Waals surface area contributed by atoms with Crippen LogP contribution in [-0.2, 0) is 4.79 Å². The number of nitriles is 1. The van der Waals surface area contributed by atoms with Gasteiger partial charge in [-0.1, -0.05) is 26.8 Å². The predicted molar refractivity (Wildman–Crippen MR) is 79.2 cm³/mol. The molecule has 1 N–H and O–H groups in total. The molecule has 0 amide bonds. The molecule has 2 rings (SSSR count). The number of Topliss-reactive ketones (excluding diaryl/α,β-unsaturated/α-hetero) is 1. The summed E-state index contributed by atoms with van der Waals surface area (Å²) in [6.07, 6.45) is 1.43. The van der Waals surface area contributed by atoms with E-state index in [1.54, 1.807) is 20.8 Å². The molecule has 0 aliphatic rings. The molecule has 1 aromatic carbocycles. The van der Waals surface area contributed by atoms with E-state index in [1.807, 2.05) is 24.3 Å². The van der Waals surface area contributed by atoms with Gasteiger partial charge in [-0.2, -0.15) is 14.0 Å². The second-order valence-corrected chi connectivity index (χ2v) is 5.86. The van der Waals surface area contributed by atoms with Crippen molar-refractivity contribution in [2.75, 3.05) is 5.32 Å². The minimum absolute atomic E-state index is 0.0951. The molecule has 1 aromatic heterocycles. The standard InChI is InChI=1S/C14H14N4OS/c1-14(2,3)13(19)9(7-15)8-16-10-5-4-6-11-12(10)18-20-17-11/h4-6,8,16H,1-3H3/b9-8+. The first kappa shape index (κ1) is 14.2. The Kier molecular flexibility index (Phi) is 3.81. The molecule has 0 saturated heterocycles. The van der Waals surface area contributed by atoms with E-state index < -0.39 is 5.41 Å². The number of carbonyl (C=O) groups excluding carboxylic acids is 1. The van der Waals surface area contributed by atoms with Crippen LogP contribution in [0.1, 0.15) is 20.8 Å². The van der Waals surface area contributed by atoms with Crippen LogP contribution in [0.4, 0.5) is 5.69 Å². The summed E-state index contributed by atoms with van der Waals surface area (Å²) in [6, 6.07) is 7.47. The van der Waals surface area contributed by atoms with Crippen LogP contribution in [0, 0.1) is 16.7 Å². The van der Waals surface area contributed by atoms with E-state index in [9.17, 15) is 4.79 Å². The summed E-state index contributed by atoms with van der Waals surface area (Å²) in [7, 11) is 0. The number of fused-ring (bicyclic) bond motifs is 1. The highest BCUT2D eigenvalue weighted by atomic mass is 32.1. The van der Waals surface area contributed by atoms with E-state index in [1.165, 1.54) is 6.20 Å². The van der Waals surface area contributed by atoms with Crippen LogP contribution >= 0.6 is 11.7 Å². The molecule has 20 heavy (non-hydrogen) atoms. The Hall–Kier alpha value is -2.26. The van der Waals surface area contributed by atoms with Gasteiger partial charge in [0.05, 0.1) is 17.4 Å². The van der Waals surface area contributed by atoms with Gasteiger partial charge in [0.15, 0.2) is 5.78 Å². The number of carbonyl (C=O) groups is 1. The van der Waals surface area contributed by atoms with Crippen LogP contribution in [0.2, 0.25) is 0 Å². The zero-order valence-electron chi connectivity index (χ0n) is 11.5. The minimum atomic E-state index is -0.586. The molecule has 5 nitrogen and oxygen atoms in total. The SMILES string of the molecule is CC(C)(C)C(=O)/C(C#N)=C/Nc1cccc2nsnc12. The number of anilines is 1. The average Bonchev–Trinajstić information content (AvgIpc) is 2.87. The van der Waals surface area contributed by atoms with Gasteiger partial charge < -0.3 is 5.32 Å². The molecular formula is C14H14N4OS. The summed E-state index contributed by atoms with van der Waals surface area (Å²) >= 11 is 1.12. The lowest BCUT2D eigenvalue weighted by atomic mass is 9.87. The summed E-state index contributed by atoms with van der Waals surface area (Å²) in [5.41, 5.74) is 1.75. The minimum Gasteiger partial charge on any atom is -0.358 e.